The average molecular weight is 302 g/mol. The molecule has 7 nitrogen and oxygen atoms in total. The van der Waals surface area contributed by atoms with E-state index >= 15 is 0 Å². The van der Waals surface area contributed by atoms with Gasteiger partial charge in [-0.05, 0) is 36.2 Å². The van der Waals surface area contributed by atoms with Crippen molar-refractivity contribution in [1.82, 2.24) is 0 Å². The lowest BCUT2D eigenvalue weighted by Crippen LogP contribution is -2.63. The van der Waals surface area contributed by atoms with Gasteiger partial charge in [-0.1, -0.05) is 12.2 Å². The Morgan fingerprint density at radius 2 is 1.91 bits per heavy atom. The highest BCUT2D eigenvalue weighted by Gasteiger charge is 2.62. The van der Waals surface area contributed by atoms with Crippen molar-refractivity contribution in [3.63, 3.8) is 0 Å². The predicted octanol–water partition coefficient (Wildman–Crippen LogP) is 2.84. The van der Waals surface area contributed by atoms with E-state index in [0.717, 1.165) is 24.3 Å². The third-order valence-electron chi connectivity index (χ3n) is 5.30. The van der Waals surface area contributed by atoms with E-state index in [2.05, 4.69) is 12.2 Å². The molecule has 5 atom stereocenters. The molecule has 0 unspecified atom stereocenters. The number of fused-ring (bicyclic) bond motifs is 4. The molecule has 0 aromatic heterocycles. The van der Waals surface area contributed by atoms with E-state index in [0.29, 0.717) is 17.4 Å². The van der Waals surface area contributed by atoms with Crippen molar-refractivity contribution in [3.05, 3.63) is 56.1 Å². The van der Waals surface area contributed by atoms with Crippen molar-refractivity contribution in [3.8, 4) is 0 Å². The minimum absolute atomic E-state index is 0.128. The molecule has 0 bridgehead atoms. The van der Waals surface area contributed by atoms with E-state index in [9.17, 15) is 20.2 Å². The average Bonchev–Trinajstić information content (AvgIpc) is 2.46. The van der Waals surface area contributed by atoms with Crippen LogP contribution in [0.15, 0.2) is 30.4 Å². The molecule has 0 spiro atoms. The number of ether oxygens (including phenoxy) is 1. The van der Waals surface area contributed by atoms with Crippen molar-refractivity contribution in [2.24, 2.45) is 23.7 Å². The number of nitrogens with zero attached hydrogens (tertiary/aromatic N) is 2. The van der Waals surface area contributed by atoms with Gasteiger partial charge in [0.25, 0.3) is 11.4 Å². The maximum absolute atomic E-state index is 11.1. The van der Waals surface area contributed by atoms with Gasteiger partial charge in [-0.3, -0.25) is 20.2 Å². The zero-order chi connectivity index (χ0) is 15.4. The van der Waals surface area contributed by atoms with Crippen molar-refractivity contribution < 1.29 is 14.6 Å². The molecule has 2 saturated carbocycles. The molecule has 0 radical (unpaired) electrons. The van der Waals surface area contributed by atoms with E-state index in [1.807, 2.05) is 0 Å². The molecule has 1 aromatic carbocycles. The van der Waals surface area contributed by atoms with Crippen LogP contribution in [0.25, 0.3) is 0 Å². The molecule has 0 saturated heterocycles. The molecule has 1 aromatic rings. The summed E-state index contributed by atoms with van der Waals surface area (Å²) >= 11 is 0. The van der Waals surface area contributed by atoms with Crippen LogP contribution in [0.4, 0.5) is 11.4 Å². The van der Waals surface area contributed by atoms with Crippen LogP contribution < -0.4 is 0 Å². The zero-order valence-corrected chi connectivity index (χ0v) is 11.6. The standard InChI is InChI=1S/C15H14N2O5/c18-16(19)9-2-1-8(13(5-9)17(20)21)7-22-14-6-12-10-3-4-11(10)15(12)14/h1-5,10-12,14-15H,6-7H2/t10-,11-,12-,14-,15-/m0/s1. The maximum Gasteiger partial charge on any atom is 0.281 e. The van der Waals surface area contributed by atoms with Crippen molar-refractivity contribution >= 4 is 11.4 Å². The lowest BCUT2D eigenvalue weighted by Gasteiger charge is -2.65. The van der Waals surface area contributed by atoms with Crippen LogP contribution in [0.3, 0.4) is 0 Å². The van der Waals surface area contributed by atoms with Gasteiger partial charge in [0.1, 0.15) is 0 Å². The summed E-state index contributed by atoms with van der Waals surface area (Å²) in [6, 6.07) is 3.69. The Bertz CT molecular complexity index is 701. The largest absolute Gasteiger partial charge is 0.373 e. The highest BCUT2D eigenvalue weighted by atomic mass is 16.6. The Labute approximate surface area is 125 Å². The highest BCUT2D eigenvalue weighted by molar-refractivity contribution is 5.48. The van der Waals surface area contributed by atoms with Gasteiger partial charge < -0.3 is 4.74 Å². The van der Waals surface area contributed by atoms with Crippen LogP contribution in [-0.2, 0) is 11.3 Å². The summed E-state index contributed by atoms with van der Waals surface area (Å²) in [5, 5.41) is 21.8. The van der Waals surface area contributed by atoms with Crippen molar-refractivity contribution in [2.45, 2.75) is 19.1 Å². The summed E-state index contributed by atoms with van der Waals surface area (Å²) < 4.78 is 5.83. The third kappa shape index (κ3) is 1.78. The van der Waals surface area contributed by atoms with Gasteiger partial charge in [0.15, 0.2) is 0 Å². The summed E-state index contributed by atoms with van der Waals surface area (Å²) in [4.78, 5) is 20.6. The van der Waals surface area contributed by atoms with Crippen LogP contribution in [0.5, 0.6) is 0 Å². The smallest absolute Gasteiger partial charge is 0.281 e. The molecule has 22 heavy (non-hydrogen) atoms. The second kappa shape index (κ2) is 4.61. The molecule has 3 aliphatic carbocycles. The van der Waals surface area contributed by atoms with Gasteiger partial charge in [-0.2, -0.15) is 0 Å². The lowest BCUT2D eigenvalue weighted by molar-refractivity contribution is -0.394. The SMILES string of the molecule is O=[N+]([O-])c1ccc(CO[C@H]2C[C@H]3[C@H]4C=C[C@@H]4[C@@H]32)c([N+](=O)[O-])c1. The van der Waals surface area contributed by atoms with Crippen LogP contribution in [0, 0.1) is 43.9 Å². The minimum Gasteiger partial charge on any atom is -0.373 e. The molecule has 4 rings (SSSR count). The molecule has 7 heteroatoms. The molecule has 3 aliphatic rings. The number of non-ortho nitro benzene ring substituents is 1. The monoisotopic (exact) mass is 302 g/mol. The number of allylic oxidation sites excluding steroid dienone is 2. The zero-order valence-electron chi connectivity index (χ0n) is 11.6. The molecule has 0 N–H and O–H groups in total. The Balaban J connectivity index is 1.45. The number of hydrogen-bond donors (Lipinski definition) is 0. The summed E-state index contributed by atoms with van der Waals surface area (Å²) in [6.45, 7) is 0.128. The number of benzene rings is 1. The topological polar surface area (TPSA) is 95.5 Å². The van der Waals surface area contributed by atoms with Gasteiger partial charge in [-0.15, -0.1) is 0 Å². The first-order valence-electron chi connectivity index (χ1n) is 7.28. The summed E-state index contributed by atoms with van der Waals surface area (Å²) in [6.07, 6.45) is 5.64. The summed E-state index contributed by atoms with van der Waals surface area (Å²) in [7, 11) is 0. The van der Waals surface area contributed by atoms with E-state index < -0.39 is 9.85 Å². The minimum atomic E-state index is -0.633. The molecule has 0 aliphatic heterocycles. The number of nitro benzene ring substituents is 2. The Hall–Kier alpha value is -2.28. The molecule has 114 valence electrons. The van der Waals surface area contributed by atoms with Gasteiger partial charge in [0.2, 0.25) is 0 Å². The Kier molecular flexibility index (Phi) is 2.80. The Morgan fingerprint density at radius 3 is 2.50 bits per heavy atom. The van der Waals surface area contributed by atoms with E-state index in [-0.39, 0.29) is 24.1 Å². The molecular weight excluding hydrogens is 288 g/mol. The normalized spacial score (nSPS) is 33.7. The predicted molar refractivity (Wildman–Crippen MR) is 76.0 cm³/mol. The number of rotatable bonds is 5. The van der Waals surface area contributed by atoms with Crippen LogP contribution in [0.1, 0.15) is 12.0 Å². The molecular formula is C15H14N2O5. The quantitative estimate of drug-likeness (QED) is 0.473. The number of nitro groups is 2. The third-order valence-corrected chi connectivity index (χ3v) is 5.30. The van der Waals surface area contributed by atoms with Gasteiger partial charge in [0, 0.05) is 6.07 Å². The highest BCUT2D eigenvalue weighted by Crippen LogP contribution is 2.64. The summed E-state index contributed by atoms with van der Waals surface area (Å²) in [5.74, 6) is 2.66. The van der Waals surface area contributed by atoms with Crippen LogP contribution in [0.2, 0.25) is 0 Å². The van der Waals surface area contributed by atoms with Gasteiger partial charge in [-0.25, -0.2) is 0 Å². The van der Waals surface area contributed by atoms with E-state index in [1.165, 1.54) is 12.1 Å². The maximum atomic E-state index is 11.1. The molecule has 0 heterocycles. The number of hydrogen-bond acceptors (Lipinski definition) is 5. The van der Waals surface area contributed by atoms with Gasteiger partial charge >= 0.3 is 0 Å². The van der Waals surface area contributed by atoms with Crippen molar-refractivity contribution in [1.29, 1.82) is 0 Å². The fraction of sp³-hybridized carbons (Fsp3) is 0.467. The fourth-order valence-corrected chi connectivity index (χ4v) is 3.98. The fourth-order valence-electron chi connectivity index (χ4n) is 3.98. The van der Waals surface area contributed by atoms with E-state index in [1.54, 1.807) is 0 Å². The summed E-state index contributed by atoms with van der Waals surface area (Å²) in [5.41, 5.74) is -0.139. The van der Waals surface area contributed by atoms with Crippen LogP contribution >= 0.6 is 0 Å². The molecule has 0 amide bonds. The van der Waals surface area contributed by atoms with E-state index in [4.69, 9.17) is 4.74 Å². The second-order valence-electron chi connectivity index (χ2n) is 6.19. The Morgan fingerprint density at radius 1 is 1.14 bits per heavy atom. The first kappa shape index (κ1) is 13.4. The van der Waals surface area contributed by atoms with Gasteiger partial charge in [0.05, 0.1) is 34.2 Å². The molecule has 2 fully saturated rings. The van der Waals surface area contributed by atoms with Crippen molar-refractivity contribution in [2.75, 3.05) is 0 Å². The van der Waals surface area contributed by atoms with Crippen LogP contribution in [-0.4, -0.2) is 16.0 Å². The second-order valence-corrected chi connectivity index (χ2v) is 6.19. The lowest BCUT2D eigenvalue weighted by atomic mass is 9.42. The first-order chi connectivity index (χ1) is 10.6. The first-order valence-corrected chi connectivity index (χ1v) is 7.28.